The van der Waals surface area contributed by atoms with Crippen LogP contribution in [0.25, 0.3) is 0 Å². The van der Waals surface area contributed by atoms with E-state index < -0.39 is 18.1 Å². The summed E-state index contributed by atoms with van der Waals surface area (Å²) in [5, 5.41) is 18.5. The topological polar surface area (TPSA) is 117 Å². The Balaban J connectivity index is 0.000000956. The molecule has 0 unspecified atom stereocenters. The van der Waals surface area contributed by atoms with Crippen molar-refractivity contribution in [1.29, 1.82) is 0 Å². The summed E-state index contributed by atoms with van der Waals surface area (Å²) in [4.78, 5) is 35.7. The fourth-order valence-electron chi connectivity index (χ4n) is 1.52. The number of aliphatic carboxylic acids is 2. The van der Waals surface area contributed by atoms with Gasteiger partial charge in [0.2, 0.25) is 0 Å². The lowest BCUT2D eigenvalue weighted by molar-refractivity contribution is -0.192. The van der Waals surface area contributed by atoms with Crippen molar-refractivity contribution in [2.45, 2.75) is 38.8 Å². The van der Waals surface area contributed by atoms with Crippen molar-refractivity contribution in [3.63, 3.8) is 0 Å². The number of hydrogen-bond acceptors (Lipinski definition) is 6. The zero-order valence-electron chi connectivity index (χ0n) is 16.1. The molecule has 1 aromatic rings. The molecule has 7 nitrogen and oxygen atoms in total. The molecule has 0 atom stereocenters. The average molecular weight is 457 g/mol. The smallest absolute Gasteiger partial charge is 0.481 e. The van der Waals surface area contributed by atoms with Crippen molar-refractivity contribution < 1.29 is 37.8 Å². The number of nitrogens with one attached hydrogen (secondary N) is 1. The minimum Gasteiger partial charge on any atom is -0.481 e. The summed E-state index contributed by atoms with van der Waals surface area (Å²) in [5.41, 5.74) is 1.22. The SMILES string of the molecule is CC(C)(C)c1cccc(C(=O)NCCSSCCC(=O)O)n1.O=C(O)C(F)(F)F. The van der Waals surface area contributed by atoms with Crippen molar-refractivity contribution in [3.8, 4) is 0 Å². The molecular weight excluding hydrogens is 433 g/mol. The van der Waals surface area contributed by atoms with Crippen LogP contribution in [0.5, 0.6) is 0 Å². The number of carboxylic acid groups (broad SMARTS) is 2. The van der Waals surface area contributed by atoms with Gasteiger partial charge in [-0.1, -0.05) is 48.4 Å². The molecule has 1 amide bonds. The zero-order valence-corrected chi connectivity index (χ0v) is 17.7. The van der Waals surface area contributed by atoms with Crippen molar-refractivity contribution in [1.82, 2.24) is 10.3 Å². The molecule has 0 radical (unpaired) electrons. The third-order valence-corrected chi connectivity index (χ3v) is 5.35. The van der Waals surface area contributed by atoms with Gasteiger partial charge in [-0.15, -0.1) is 0 Å². The molecule has 0 aromatic carbocycles. The fourth-order valence-corrected chi connectivity index (χ4v) is 3.41. The molecule has 0 spiro atoms. The molecule has 0 bridgehead atoms. The minimum atomic E-state index is -5.08. The van der Waals surface area contributed by atoms with Gasteiger partial charge in [-0.3, -0.25) is 9.59 Å². The maximum atomic E-state index is 12.0. The van der Waals surface area contributed by atoms with Crippen LogP contribution in [0.1, 0.15) is 43.4 Å². The Morgan fingerprint density at radius 2 is 1.62 bits per heavy atom. The first-order chi connectivity index (χ1) is 13.2. The van der Waals surface area contributed by atoms with E-state index in [-0.39, 0.29) is 17.7 Å². The molecule has 1 aromatic heterocycles. The molecule has 12 heteroatoms. The molecule has 0 saturated heterocycles. The lowest BCUT2D eigenvalue weighted by atomic mass is 9.91. The summed E-state index contributed by atoms with van der Waals surface area (Å²) >= 11 is 0. The number of nitrogens with zero attached hydrogens (tertiary/aromatic N) is 1. The van der Waals surface area contributed by atoms with Gasteiger partial charge in [0.15, 0.2) is 0 Å². The van der Waals surface area contributed by atoms with Crippen molar-refractivity contribution in [3.05, 3.63) is 29.6 Å². The number of pyridine rings is 1. The Labute approximate surface area is 174 Å². The Hall–Kier alpha value is -1.95. The lowest BCUT2D eigenvalue weighted by Crippen LogP contribution is -2.27. The van der Waals surface area contributed by atoms with Gasteiger partial charge in [-0.25, -0.2) is 9.78 Å². The van der Waals surface area contributed by atoms with E-state index in [4.69, 9.17) is 15.0 Å². The fraction of sp³-hybridized carbons (Fsp3) is 0.529. The Morgan fingerprint density at radius 1 is 1.07 bits per heavy atom. The van der Waals surface area contributed by atoms with Gasteiger partial charge in [0.25, 0.3) is 5.91 Å². The molecule has 0 aliphatic carbocycles. The summed E-state index contributed by atoms with van der Waals surface area (Å²) in [6.45, 7) is 6.71. The third-order valence-electron chi connectivity index (χ3n) is 2.95. The number of rotatable bonds is 8. The summed E-state index contributed by atoms with van der Waals surface area (Å²) in [7, 11) is 3.06. The molecule has 0 fully saturated rings. The molecule has 1 heterocycles. The van der Waals surface area contributed by atoms with Crippen molar-refractivity contribution in [2.75, 3.05) is 18.1 Å². The standard InChI is InChI=1S/C15H22N2O3S2.C2HF3O2/c1-15(2,3)12-6-4-5-11(17-12)14(20)16-8-10-22-21-9-7-13(18)19;3-2(4,5)1(6)7/h4-6H,7-10H2,1-3H3,(H,16,20)(H,18,19);(H,6,7). The largest absolute Gasteiger partial charge is 0.490 e. The summed E-state index contributed by atoms with van der Waals surface area (Å²) in [5.74, 6) is -2.42. The van der Waals surface area contributed by atoms with Gasteiger partial charge in [-0.05, 0) is 12.1 Å². The number of carbonyl (C=O) groups is 3. The summed E-state index contributed by atoms with van der Waals surface area (Å²) in [6.07, 6.45) is -4.92. The molecule has 29 heavy (non-hydrogen) atoms. The van der Waals surface area contributed by atoms with Crippen LogP contribution in [0.2, 0.25) is 0 Å². The molecule has 0 aliphatic heterocycles. The highest BCUT2D eigenvalue weighted by molar-refractivity contribution is 8.76. The molecule has 0 saturated carbocycles. The summed E-state index contributed by atoms with van der Waals surface area (Å²) < 4.78 is 31.7. The normalized spacial score (nSPS) is 11.2. The quantitative estimate of drug-likeness (QED) is 0.401. The molecule has 164 valence electrons. The van der Waals surface area contributed by atoms with Gasteiger partial charge in [0.1, 0.15) is 5.69 Å². The van der Waals surface area contributed by atoms with Crippen LogP contribution < -0.4 is 5.32 Å². The first-order valence-corrected chi connectivity index (χ1v) is 10.8. The zero-order chi connectivity index (χ0) is 22.7. The molecule has 0 aliphatic rings. The van der Waals surface area contributed by atoms with Crippen LogP contribution >= 0.6 is 21.6 Å². The molecular formula is C17H23F3N2O5S2. The van der Waals surface area contributed by atoms with Gasteiger partial charge in [0.05, 0.1) is 6.42 Å². The van der Waals surface area contributed by atoms with Crippen molar-refractivity contribution >= 4 is 39.4 Å². The number of aromatic nitrogens is 1. The number of amides is 1. The third kappa shape index (κ3) is 13.0. The van der Waals surface area contributed by atoms with Crippen LogP contribution in [0.15, 0.2) is 18.2 Å². The van der Waals surface area contributed by atoms with E-state index in [0.29, 0.717) is 18.0 Å². The van der Waals surface area contributed by atoms with Crippen LogP contribution in [0, 0.1) is 0 Å². The highest BCUT2D eigenvalue weighted by Crippen LogP contribution is 2.21. The van der Waals surface area contributed by atoms with Gasteiger partial charge in [0, 0.05) is 29.2 Å². The van der Waals surface area contributed by atoms with Crippen LogP contribution in [-0.4, -0.2) is 57.3 Å². The van der Waals surface area contributed by atoms with E-state index in [1.807, 2.05) is 12.1 Å². The van der Waals surface area contributed by atoms with E-state index in [1.165, 1.54) is 10.8 Å². The van der Waals surface area contributed by atoms with E-state index in [9.17, 15) is 22.8 Å². The number of halogens is 3. The Morgan fingerprint density at radius 3 is 2.10 bits per heavy atom. The van der Waals surface area contributed by atoms with Gasteiger partial charge >= 0.3 is 18.1 Å². The highest BCUT2D eigenvalue weighted by atomic mass is 33.1. The van der Waals surface area contributed by atoms with Gasteiger partial charge < -0.3 is 15.5 Å². The molecule has 3 N–H and O–H groups in total. The Kier molecular flexibility index (Phi) is 11.7. The second-order valence-corrected chi connectivity index (χ2v) is 9.21. The monoisotopic (exact) mass is 456 g/mol. The maximum Gasteiger partial charge on any atom is 0.490 e. The van der Waals surface area contributed by atoms with E-state index in [1.54, 1.807) is 16.9 Å². The predicted molar refractivity (Wildman–Crippen MR) is 106 cm³/mol. The Bertz CT molecular complexity index is 694. The van der Waals surface area contributed by atoms with Gasteiger partial charge in [-0.2, -0.15) is 13.2 Å². The van der Waals surface area contributed by atoms with Crippen LogP contribution in [0.3, 0.4) is 0 Å². The number of alkyl halides is 3. The number of carbonyl (C=O) groups excluding carboxylic acids is 1. The van der Waals surface area contributed by atoms with Crippen LogP contribution in [0.4, 0.5) is 13.2 Å². The van der Waals surface area contributed by atoms with E-state index in [2.05, 4.69) is 31.1 Å². The summed E-state index contributed by atoms with van der Waals surface area (Å²) in [6, 6.07) is 5.48. The second-order valence-electron chi connectivity index (χ2n) is 6.50. The molecule has 1 rings (SSSR count). The average Bonchev–Trinajstić information content (AvgIpc) is 2.59. The highest BCUT2D eigenvalue weighted by Gasteiger charge is 2.38. The predicted octanol–water partition coefficient (Wildman–Crippen LogP) is 3.60. The van der Waals surface area contributed by atoms with E-state index >= 15 is 0 Å². The minimum absolute atomic E-state index is 0.0904. The number of hydrogen-bond donors (Lipinski definition) is 3. The van der Waals surface area contributed by atoms with E-state index in [0.717, 1.165) is 11.4 Å². The van der Waals surface area contributed by atoms with Crippen LogP contribution in [-0.2, 0) is 15.0 Å². The first-order valence-electron chi connectivity index (χ1n) is 8.27. The second kappa shape index (κ2) is 12.6. The lowest BCUT2D eigenvalue weighted by Gasteiger charge is -2.18. The maximum absolute atomic E-state index is 12.0. The first kappa shape index (κ1) is 27.0. The van der Waals surface area contributed by atoms with Crippen molar-refractivity contribution in [2.24, 2.45) is 0 Å². The number of carboxylic acids is 2.